The van der Waals surface area contributed by atoms with Gasteiger partial charge in [0.1, 0.15) is 11.5 Å². The highest BCUT2D eigenvalue weighted by molar-refractivity contribution is 5.92. The first-order chi connectivity index (χ1) is 15.1. The van der Waals surface area contributed by atoms with E-state index >= 15 is 0 Å². The Balaban J connectivity index is 1.81. The van der Waals surface area contributed by atoms with Crippen molar-refractivity contribution < 1.29 is 23.7 Å². The third kappa shape index (κ3) is 5.22. The van der Waals surface area contributed by atoms with Crippen molar-refractivity contribution in [1.82, 2.24) is 0 Å². The zero-order valence-corrected chi connectivity index (χ0v) is 17.4. The third-order valence-corrected chi connectivity index (χ3v) is 4.52. The van der Waals surface area contributed by atoms with E-state index in [1.807, 2.05) is 18.2 Å². The molecule has 0 saturated carbocycles. The van der Waals surface area contributed by atoms with Gasteiger partial charge in [-0.1, -0.05) is 12.1 Å². The van der Waals surface area contributed by atoms with Crippen LogP contribution >= 0.6 is 0 Å². The van der Waals surface area contributed by atoms with E-state index in [9.17, 15) is 10.1 Å². The van der Waals surface area contributed by atoms with Gasteiger partial charge in [-0.2, -0.15) is 5.26 Å². The molecule has 156 valence electrons. The Morgan fingerprint density at radius 3 is 2.16 bits per heavy atom. The third-order valence-electron chi connectivity index (χ3n) is 4.52. The molecule has 3 aromatic carbocycles. The molecule has 0 N–H and O–H groups in total. The molecule has 0 bridgehead atoms. The van der Waals surface area contributed by atoms with E-state index in [1.54, 1.807) is 61.7 Å². The molecule has 0 aliphatic carbocycles. The molecule has 0 aliphatic rings. The van der Waals surface area contributed by atoms with Crippen molar-refractivity contribution in [1.29, 1.82) is 5.26 Å². The second-order valence-electron chi connectivity index (χ2n) is 6.43. The highest BCUT2D eigenvalue weighted by Crippen LogP contribution is 2.28. The highest BCUT2D eigenvalue weighted by atomic mass is 16.5. The standard InChI is InChI=1S/C25H21NO5/c1-28-21-10-7-18(8-11-21)20(16-26)13-17-5-4-6-22(14-17)31-25(27)19-9-12-23(29-2)24(15-19)30-3/h4-15H,1-3H3/b20-13-. The van der Waals surface area contributed by atoms with E-state index < -0.39 is 5.97 Å². The summed E-state index contributed by atoms with van der Waals surface area (Å²) in [5, 5.41) is 9.57. The van der Waals surface area contributed by atoms with Gasteiger partial charge in [0, 0.05) is 0 Å². The minimum Gasteiger partial charge on any atom is -0.497 e. The lowest BCUT2D eigenvalue weighted by Gasteiger charge is -2.10. The number of hydrogen-bond donors (Lipinski definition) is 0. The van der Waals surface area contributed by atoms with Crippen molar-refractivity contribution in [3.05, 3.63) is 83.4 Å². The second-order valence-corrected chi connectivity index (χ2v) is 6.43. The first-order valence-electron chi connectivity index (χ1n) is 9.38. The van der Waals surface area contributed by atoms with Crippen LogP contribution in [0, 0.1) is 11.3 Å². The minimum absolute atomic E-state index is 0.328. The van der Waals surface area contributed by atoms with E-state index in [4.69, 9.17) is 18.9 Å². The summed E-state index contributed by atoms with van der Waals surface area (Å²) in [5.74, 6) is 1.50. The number of carbonyl (C=O) groups excluding carboxylic acids is 1. The van der Waals surface area contributed by atoms with Gasteiger partial charge in [0.15, 0.2) is 11.5 Å². The molecule has 0 atom stereocenters. The molecular formula is C25H21NO5. The first-order valence-corrected chi connectivity index (χ1v) is 9.38. The summed E-state index contributed by atoms with van der Waals surface area (Å²) in [6.45, 7) is 0. The number of allylic oxidation sites excluding steroid dienone is 1. The van der Waals surface area contributed by atoms with Crippen LogP contribution < -0.4 is 18.9 Å². The number of ether oxygens (including phenoxy) is 4. The Labute approximate surface area is 180 Å². The predicted octanol–water partition coefficient (Wildman–Crippen LogP) is 5.00. The van der Waals surface area contributed by atoms with Crippen LogP contribution in [0.1, 0.15) is 21.5 Å². The topological polar surface area (TPSA) is 77.8 Å². The summed E-state index contributed by atoms with van der Waals surface area (Å²) < 4.78 is 21.1. The quantitative estimate of drug-likeness (QED) is 0.234. The number of esters is 1. The molecule has 0 spiro atoms. The fourth-order valence-electron chi connectivity index (χ4n) is 2.91. The Morgan fingerprint density at radius 1 is 0.806 bits per heavy atom. The molecule has 6 heteroatoms. The molecule has 6 nitrogen and oxygen atoms in total. The number of methoxy groups -OCH3 is 3. The molecule has 31 heavy (non-hydrogen) atoms. The molecule has 0 radical (unpaired) electrons. The van der Waals surface area contributed by atoms with E-state index in [1.165, 1.54) is 14.2 Å². The van der Waals surface area contributed by atoms with Crippen LogP contribution in [0.3, 0.4) is 0 Å². The normalized spacial score (nSPS) is 10.7. The van der Waals surface area contributed by atoms with Gasteiger partial charge in [-0.05, 0) is 71.8 Å². The van der Waals surface area contributed by atoms with Crippen molar-refractivity contribution in [2.45, 2.75) is 0 Å². The summed E-state index contributed by atoms with van der Waals surface area (Å²) in [6.07, 6.45) is 1.73. The van der Waals surface area contributed by atoms with Gasteiger partial charge in [0.05, 0.1) is 38.5 Å². The molecule has 3 aromatic rings. The van der Waals surface area contributed by atoms with Crippen molar-refractivity contribution in [2.24, 2.45) is 0 Å². The maximum atomic E-state index is 12.6. The second kappa shape index (κ2) is 9.99. The molecule has 0 unspecified atom stereocenters. The first kappa shape index (κ1) is 21.5. The van der Waals surface area contributed by atoms with E-state index in [0.29, 0.717) is 34.1 Å². The number of rotatable bonds is 7. The largest absolute Gasteiger partial charge is 0.497 e. The predicted molar refractivity (Wildman–Crippen MR) is 117 cm³/mol. The number of nitriles is 1. The highest BCUT2D eigenvalue weighted by Gasteiger charge is 2.13. The van der Waals surface area contributed by atoms with Gasteiger partial charge in [-0.15, -0.1) is 0 Å². The summed E-state index contributed by atoms with van der Waals surface area (Å²) >= 11 is 0. The van der Waals surface area contributed by atoms with E-state index in [0.717, 1.165) is 11.1 Å². The SMILES string of the molecule is COc1ccc(/C(C#N)=C\c2cccc(OC(=O)c3ccc(OC)c(OC)c3)c2)cc1. The van der Waals surface area contributed by atoms with E-state index in [2.05, 4.69) is 6.07 Å². The number of carbonyl (C=O) groups is 1. The smallest absolute Gasteiger partial charge is 0.343 e. The average Bonchev–Trinajstić information content (AvgIpc) is 2.82. The zero-order valence-electron chi connectivity index (χ0n) is 17.4. The van der Waals surface area contributed by atoms with Crippen molar-refractivity contribution in [2.75, 3.05) is 21.3 Å². The van der Waals surface area contributed by atoms with Crippen LogP contribution in [-0.2, 0) is 0 Å². The summed E-state index contributed by atoms with van der Waals surface area (Å²) in [5.41, 5.74) is 2.29. The average molecular weight is 415 g/mol. The lowest BCUT2D eigenvalue weighted by molar-refractivity contribution is 0.0734. The monoisotopic (exact) mass is 415 g/mol. The summed E-state index contributed by atoms with van der Waals surface area (Å²) in [4.78, 5) is 12.6. The Hall–Kier alpha value is -4.24. The minimum atomic E-state index is -0.530. The summed E-state index contributed by atoms with van der Waals surface area (Å²) in [6, 6.07) is 21.2. The van der Waals surface area contributed by atoms with Crippen LogP contribution in [0.5, 0.6) is 23.0 Å². The van der Waals surface area contributed by atoms with Crippen LogP contribution in [0.25, 0.3) is 11.6 Å². The van der Waals surface area contributed by atoms with Gasteiger partial charge in [0.25, 0.3) is 0 Å². The van der Waals surface area contributed by atoms with Crippen molar-refractivity contribution >= 4 is 17.6 Å². The molecule has 0 aromatic heterocycles. The number of nitrogens with zero attached hydrogens (tertiary/aromatic N) is 1. The zero-order chi connectivity index (χ0) is 22.2. The fourth-order valence-corrected chi connectivity index (χ4v) is 2.91. The van der Waals surface area contributed by atoms with Gasteiger partial charge >= 0.3 is 5.97 Å². The Kier molecular flexibility index (Phi) is 6.92. The van der Waals surface area contributed by atoms with Crippen molar-refractivity contribution in [3.8, 4) is 29.1 Å². The Bertz CT molecular complexity index is 1140. The number of benzene rings is 3. The lowest BCUT2D eigenvalue weighted by atomic mass is 10.0. The fraction of sp³-hybridized carbons (Fsp3) is 0.120. The maximum absolute atomic E-state index is 12.6. The van der Waals surface area contributed by atoms with Crippen molar-refractivity contribution in [3.63, 3.8) is 0 Å². The van der Waals surface area contributed by atoms with Crippen LogP contribution in [0.15, 0.2) is 66.7 Å². The van der Waals surface area contributed by atoms with Gasteiger partial charge in [-0.25, -0.2) is 4.79 Å². The molecule has 0 fully saturated rings. The van der Waals surface area contributed by atoms with Crippen LogP contribution in [-0.4, -0.2) is 27.3 Å². The lowest BCUT2D eigenvalue weighted by Crippen LogP contribution is -2.09. The Morgan fingerprint density at radius 2 is 1.52 bits per heavy atom. The van der Waals surface area contributed by atoms with Gasteiger partial charge < -0.3 is 18.9 Å². The summed E-state index contributed by atoms with van der Waals surface area (Å²) in [7, 11) is 4.61. The molecule has 0 heterocycles. The molecule has 0 saturated heterocycles. The van der Waals surface area contributed by atoms with Gasteiger partial charge in [0.2, 0.25) is 0 Å². The number of hydrogen-bond acceptors (Lipinski definition) is 6. The molecule has 3 rings (SSSR count). The van der Waals surface area contributed by atoms with Gasteiger partial charge in [-0.3, -0.25) is 0 Å². The van der Waals surface area contributed by atoms with Crippen LogP contribution in [0.2, 0.25) is 0 Å². The molecular weight excluding hydrogens is 394 g/mol. The molecule has 0 amide bonds. The maximum Gasteiger partial charge on any atom is 0.343 e. The van der Waals surface area contributed by atoms with E-state index in [-0.39, 0.29) is 0 Å². The molecule has 0 aliphatic heterocycles. The van der Waals surface area contributed by atoms with Crippen LogP contribution in [0.4, 0.5) is 0 Å².